The van der Waals surface area contributed by atoms with Gasteiger partial charge in [0, 0.05) is 24.8 Å². The molecule has 1 saturated heterocycles. The highest BCUT2D eigenvalue weighted by molar-refractivity contribution is 5.94. The van der Waals surface area contributed by atoms with Gasteiger partial charge in [0.25, 0.3) is 5.91 Å². The fourth-order valence-electron chi connectivity index (χ4n) is 3.45. The molecule has 0 radical (unpaired) electrons. The van der Waals surface area contributed by atoms with E-state index in [1.54, 1.807) is 30.2 Å². The molecule has 1 aliphatic heterocycles. The van der Waals surface area contributed by atoms with Crippen molar-refractivity contribution in [2.24, 2.45) is 11.3 Å². The lowest BCUT2D eigenvalue weighted by Crippen LogP contribution is -2.40. The molecule has 2 heterocycles. The molecule has 0 aliphatic carbocycles. The zero-order valence-electron chi connectivity index (χ0n) is 15.1. The van der Waals surface area contributed by atoms with Gasteiger partial charge in [-0.1, -0.05) is 13.8 Å². The number of aliphatic carboxylic acids is 1. The monoisotopic (exact) mass is 359 g/mol. The highest BCUT2D eigenvalue weighted by Gasteiger charge is 2.48. The lowest BCUT2D eigenvalue weighted by atomic mass is 9.76. The van der Waals surface area contributed by atoms with E-state index in [4.69, 9.17) is 0 Å². The first-order valence-corrected chi connectivity index (χ1v) is 8.59. The molecule has 1 atom stereocenters. The number of hydrogen-bond donors (Lipinski definition) is 1. The molecule has 6 nitrogen and oxygen atoms in total. The standard InChI is InChI=1S/C19H22FN3O3/c1-12(2)19(18(25)26)8-9-22(11-19)17(24)16-13(3)10-23(21-16)15-6-4-14(20)5-7-15/h4-7,10,12H,8-9,11H2,1-3H3,(H,25,26). The minimum Gasteiger partial charge on any atom is -0.481 e. The van der Waals surface area contributed by atoms with Crippen LogP contribution in [0.2, 0.25) is 0 Å². The summed E-state index contributed by atoms with van der Waals surface area (Å²) in [5.41, 5.74) is 0.719. The van der Waals surface area contributed by atoms with E-state index < -0.39 is 11.4 Å². The number of nitrogens with zero attached hydrogens (tertiary/aromatic N) is 3. The quantitative estimate of drug-likeness (QED) is 0.911. The van der Waals surface area contributed by atoms with Crippen molar-refractivity contribution in [3.8, 4) is 5.69 Å². The van der Waals surface area contributed by atoms with Crippen LogP contribution >= 0.6 is 0 Å². The van der Waals surface area contributed by atoms with E-state index in [1.165, 1.54) is 16.8 Å². The number of carbonyl (C=O) groups is 2. The van der Waals surface area contributed by atoms with Gasteiger partial charge in [-0.05, 0) is 43.5 Å². The fourth-order valence-corrected chi connectivity index (χ4v) is 3.45. The Morgan fingerprint density at radius 1 is 1.27 bits per heavy atom. The third-order valence-electron chi connectivity index (χ3n) is 5.31. The van der Waals surface area contributed by atoms with E-state index in [0.717, 1.165) is 0 Å². The van der Waals surface area contributed by atoms with Crippen LogP contribution in [0.4, 0.5) is 4.39 Å². The molecule has 1 aliphatic rings. The molecule has 1 aromatic heterocycles. The second kappa shape index (κ2) is 6.55. The van der Waals surface area contributed by atoms with Gasteiger partial charge in [0.05, 0.1) is 11.1 Å². The van der Waals surface area contributed by atoms with Crippen LogP contribution in [0.3, 0.4) is 0 Å². The number of rotatable bonds is 4. The fraction of sp³-hybridized carbons (Fsp3) is 0.421. The number of amides is 1. The summed E-state index contributed by atoms with van der Waals surface area (Å²) in [6.07, 6.45) is 2.15. The topological polar surface area (TPSA) is 75.4 Å². The van der Waals surface area contributed by atoms with Crippen molar-refractivity contribution >= 4 is 11.9 Å². The number of hydrogen-bond acceptors (Lipinski definition) is 3. The minimum atomic E-state index is -0.914. The maximum Gasteiger partial charge on any atom is 0.311 e. The van der Waals surface area contributed by atoms with Gasteiger partial charge < -0.3 is 10.0 Å². The number of aromatic nitrogens is 2. The number of carboxylic acid groups (broad SMARTS) is 1. The summed E-state index contributed by atoms with van der Waals surface area (Å²) in [6, 6.07) is 5.83. The number of halogens is 1. The molecule has 26 heavy (non-hydrogen) atoms. The van der Waals surface area contributed by atoms with Crippen LogP contribution in [0.1, 0.15) is 36.3 Å². The molecule has 0 bridgehead atoms. The molecule has 1 aromatic carbocycles. The number of aryl methyl sites for hydroxylation is 1. The van der Waals surface area contributed by atoms with Crippen molar-refractivity contribution in [3.63, 3.8) is 0 Å². The molecule has 0 spiro atoms. The molecular weight excluding hydrogens is 337 g/mol. The first-order chi connectivity index (χ1) is 12.2. The van der Waals surface area contributed by atoms with Gasteiger partial charge in [0.2, 0.25) is 0 Å². The average molecular weight is 359 g/mol. The molecule has 1 fully saturated rings. The van der Waals surface area contributed by atoms with E-state index >= 15 is 0 Å². The van der Waals surface area contributed by atoms with Gasteiger partial charge in [0.15, 0.2) is 5.69 Å². The van der Waals surface area contributed by atoms with Crippen molar-refractivity contribution in [1.29, 1.82) is 0 Å². The van der Waals surface area contributed by atoms with E-state index in [2.05, 4.69) is 5.10 Å². The molecule has 2 aromatic rings. The predicted octanol–water partition coefficient (Wildman–Crippen LogP) is 2.89. The van der Waals surface area contributed by atoms with Crippen molar-refractivity contribution in [2.75, 3.05) is 13.1 Å². The lowest BCUT2D eigenvalue weighted by molar-refractivity contribution is -0.150. The van der Waals surface area contributed by atoms with Crippen LogP contribution in [-0.4, -0.2) is 44.8 Å². The van der Waals surface area contributed by atoms with Gasteiger partial charge in [-0.15, -0.1) is 0 Å². The molecule has 138 valence electrons. The maximum atomic E-state index is 13.1. The second-order valence-electron chi connectivity index (χ2n) is 7.17. The van der Waals surface area contributed by atoms with Gasteiger partial charge in [-0.3, -0.25) is 9.59 Å². The van der Waals surface area contributed by atoms with Crippen LogP contribution < -0.4 is 0 Å². The van der Waals surface area contributed by atoms with Crippen LogP contribution in [-0.2, 0) is 4.79 Å². The Labute approximate surface area is 151 Å². The van der Waals surface area contributed by atoms with Crippen molar-refractivity contribution in [1.82, 2.24) is 14.7 Å². The summed E-state index contributed by atoms with van der Waals surface area (Å²) in [4.78, 5) is 26.2. The lowest BCUT2D eigenvalue weighted by Gasteiger charge is -2.28. The van der Waals surface area contributed by atoms with Crippen LogP contribution in [0, 0.1) is 24.1 Å². The largest absolute Gasteiger partial charge is 0.481 e. The van der Waals surface area contributed by atoms with E-state index in [1.807, 2.05) is 13.8 Å². The molecule has 1 unspecified atom stereocenters. The van der Waals surface area contributed by atoms with Gasteiger partial charge in [0.1, 0.15) is 5.82 Å². The van der Waals surface area contributed by atoms with Crippen molar-refractivity contribution in [2.45, 2.75) is 27.2 Å². The normalized spacial score (nSPS) is 20.0. The molecular formula is C19H22FN3O3. The Bertz CT molecular complexity index is 844. The van der Waals surface area contributed by atoms with Crippen molar-refractivity contribution < 1.29 is 19.1 Å². The minimum absolute atomic E-state index is 0.0735. The molecule has 7 heteroatoms. The van der Waals surface area contributed by atoms with Crippen LogP contribution in [0.5, 0.6) is 0 Å². The van der Waals surface area contributed by atoms with E-state index in [-0.39, 0.29) is 24.2 Å². The first kappa shape index (κ1) is 18.1. The van der Waals surface area contributed by atoms with Crippen LogP contribution in [0.15, 0.2) is 30.5 Å². The zero-order valence-corrected chi connectivity index (χ0v) is 15.1. The Kier molecular flexibility index (Phi) is 4.56. The highest BCUT2D eigenvalue weighted by atomic mass is 19.1. The summed E-state index contributed by atoms with van der Waals surface area (Å²) < 4.78 is 14.6. The maximum absolute atomic E-state index is 13.1. The first-order valence-electron chi connectivity index (χ1n) is 8.59. The number of benzene rings is 1. The van der Waals surface area contributed by atoms with Gasteiger partial charge in [-0.2, -0.15) is 5.10 Å². The molecule has 3 rings (SSSR count). The molecule has 1 N–H and O–H groups in total. The Morgan fingerprint density at radius 2 is 1.92 bits per heavy atom. The third kappa shape index (κ3) is 2.98. The predicted molar refractivity (Wildman–Crippen MR) is 93.7 cm³/mol. The summed E-state index contributed by atoms with van der Waals surface area (Å²) >= 11 is 0. The van der Waals surface area contributed by atoms with Crippen LogP contribution in [0.25, 0.3) is 5.69 Å². The van der Waals surface area contributed by atoms with Gasteiger partial charge in [-0.25, -0.2) is 9.07 Å². The average Bonchev–Trinajstić information content (AvgIpc) is 3.20. The highest BCUT2D eigenvalue weighted by Crippen LogP contribution is 2.38. The smallest absolute Gasteiger partial charge is 0.311 e. The summed E-state index contributed by atoms with van der Waals surface area (Å²) in [5, 5.41) is 14.0. The molecule has 1 amide bonds. The Balaban J connectivity index is 1.85. The summed E-state index contributed by atoms with van der Waals surface area (Å²) in [6.45, 7) is 6.10. The van der Waals surface area contributed by atoms with E-state index in [9.17, 15) is 19.1 Å². The summed E-state index contributed by atoms with van der Waals surface area (Å²) in [7, 11) is 0. The second-order valence-corrected chi connectivity index (χ2v) is 7.17. The number of carbonyl (C=O) groups excluding carboxylic acids is 1. The summed E-state index contributed by atoms with van der Waals surface area (Å²) in [5.74, 6) is -1.55. The number of likely N-dealkylation sites (tertiary alicyclic amines) is 1. The number of carboxylic acids is 1. The van der Waals surface area contributed by atoms with Gasteiger partial charge >= 0.3 is 5.97 Å². The van der Waals surface area contributed by atoms with E-state index in [0.29, 0.717) is 29.9 Å². The third-order valence-corrected chi connectivity index (χ3v) is 5.31. The Hall–Kier alpha value is -2.70. The molecule has 0 saturated carbocycles. The Morgan fingerprint density at radius 3 is 2.46 bits per heavy atom. The zero-order chi connectivity index (χ0) is 19.1. The SMILES string of the molecule is Cc1cn(-c2ccc(F)cc2)nc1C(=O)N1CCC(C(=O)O)(C(C)C)C1. The van der Waals surface area contributed by atoms with Crippen molar-refractivity contribution in [3.05, 3.63) is 47.5 Å².